The van der Waals surface area contributed by atoms with Gasteiger partial charge in [-0.05, 0) is 89.0 Å². The average Bonchev–Trinajstić information content (AvgIpc) is 4.00. The summed E-state index contributed by atoms with van der Waals surface area (Å²) in [6.07, 6.45) is -0.818. The van der Waals surface area contributed by atoms with Gasteiger partial charge in [-0.25, -0.2) is 4.98 Å². The molecule has 64 heavy (non-hydrogen) atoms. The monoisotopic (exact) mass is 849 g/mol. The van der Waals surface area contributed by atoms with Gasteiger partial charge in [-0.15, -0.1) is 0 Å². The lowest BCUT2D eigenvalue weighted by atomic mass is 9.65. The predicted molar refractivity (Wildman–Crippen MR) is 239 cm³/mol. The van der Waals surface area contributed by atoms with E-state index in [1.54, 1.807) is 19.2 Å². The quantitative estimate of drug-likeness (QED) is 0.0848. The molecular weight excluding hydrogens is 807 g/mol. The number of hydrogen-bond acceptors (Lipinski definition) is 9. The number of aliphatic hydroxyl groups is 1. The number of fused-ring (bicyclic) bond motifs is 4. The molecule has 12 nitrogen and oxygen atoms in total. The maximum atomic E-state index is 15.6. The van der Waals surface area contributed by atoms with Crippen molar-refractivity contribution in [1.82, 2.24) is 20.2 Å². The Morgan fingerprint density at radius 1 is 0.797 bits per heavy atom. The first-order valence-electron chi connectivity index (χ1n) is 21.1. The van der Waals surface area contributed by atoms with Gasteiger partial charge in [0.25, 0.3) is 0 Å². The lowest BCUT2D eigenvalue weighted by Gasteiger charge is -2.46. The average molecular weight is 850 g/mol. The predicted octanol–water partition coefficient (Wildman–Crippen LogP) is 6.93. The number of ether oxygens (including phenoxy) is 3. The molecule has 0 saturated carbocycles. The highest BCUT2D eigenvalue weighted by Gasteiger charge is 2.74. The van der Waals surface area contributed by atoms with Crippen LogP contribution in [-0.2, 0) is 31.1 Å². The van der Waals surface area contributed by atoms with Crippen LogP contribution < -0.4 is 20.1 Å². The van der Waals surface area contributed by atoms with Crippen LogP contribution in [0, 0.1) is 17.8 Å². The molecule has 0 radical (unpaired) electrons. The molecule has 2 saturated heterocycles. The number of aliphatic hydroxyl groups excluding tert-OH is 1. The van der Waals surface area contributed by atoms with E-state index >= 15 is 14.4 Å². The van der Waals surface area contributed by atoms with E-state index in [1.165, 1.54) is 0 Å². The molecule has 4 N–H and O–H groups in total. The second-order valence-electron chi connectivity index (χ2n) is 16.0. The Morgan fingerprint density at radius 2 is 1.47 bits per heavy atom. The number of nitrogens with one attached hydrogen (secondary N) is 3. The number of nitrogens with zero attached hydrogens (tertiary/aromatic N) is 2. The van der Waals surface area contributed by atoms with Crippen molar-refractivity contribution in [1.29, 1.82) is 0 Å². The maximum Gasteiger partial charge on any atom is 0.324 e. The fraction of sp³-hybridized carbons (Fsp3) is 0.192. The van der Waals surface area contributed by atoms with Gasteiger partial charge >= 0.3 is 5.97 Å². The summed E-state index contributed by atoms with van der Waals surface area (Å²) in [5.74, 6) is 5.32. The van der Waals surface area contributed by atoms with Gasteiger partial charge in [0, 0.05) is 16.8 Å². The summed E-state index contributed by atoms with van der Waals surface area (Å²) >= 11 is 0. The largest absolute Gasteiger partial charge is 0.497 e. The van der Waals surface area contributed by atoms with Crippen molar-refractivity contribution >= 4 is 34.5 Å². The number of imidazole rings is 1. The number of rotatable bonds is 10. The summed E-state index contributed by atoms with van der Waals surface area (Å²) in [6.45, 7) is -0.0820. The number of esters is 1. The molecule has 7 aromatic rings. The third-order valence-electron chi connectivity index (χ3n) is 12.5. The number of aromatic amines is 1. The second-order valence-corrected chi connectivity index (χ2v) is 16.0. The van der Waals surface area contributed by atoms with Crippen molar-refractivity contribution in [3.63, 3.8) is 0 Å². The van der Waals surface area contributed by atoms with E-state index < -0.39 is 53.3 Å². The Balaban J connectivity index is 1.19. The highest BCUT2D eigenvalue weighted by molar-refractivity contribution is 6.12. The van der Waals surface area contributed by atoms with Crippen LogP contribution in [0.3, 0.4) is 0 Å². The number of para-hydroxylation sites is 2. The summed E-state index contributed by atoms with van der Waals surface area (Å²) in [5, 5.41) is 15.8. The minimum atomic E-state index is -1.72. The number of methoxy groups -OCH3 is 1. The van der Waals surface area contributed by atoms with Gasteiger partial charge in [-0.1, -0.05) is 96.8 Å². The summed E-state index contributed by atoms with van der Waals surface area (Å²) < 4.78 is 17.7. The molecule has 2 fully saturated rings. The van der Waals surface area contributed by atoms with Gasteiger partial charge in [0.05, 0.1) is 49.3 Å². The molecule has 6 aromatic carbocycles. The highest BCUT2D eigenvalue weighted by Crippen LogP contribution is 2.64. The van der Waals surface area contributed by atoms with Crippen LogP contribution in [0.25, 0.3) is 11.0 Å². The number of anilines is 1. The third kappa shape index (κ3) is 7.01. The molecule has 1 aromatic heterocycles. The van der Waals surface area contributed by atoms with Gasteiger partial charge in [-0.2, -0.15) is 0 Å². The molecule has 4 heterocycles. The molecule has 1 spiro atoms. The fourth-order valence-corrected chi connectivity index (χ4v) is 9.77. The zero-order valence-corrected chi connectivity index (χ0v) is 34.7. The first-order chi connectivity index (χ1) is 31.4. The van der Waals surface area contributed by atoms with E-state index in [2.05, 4.69) is 27.5 Å². The molecular formula is C52H43N5O7. The first kappa shape index (κ1) is 40.4. The number of benzene rings is 6. The van der Waals surface area contributed by atoms with E-state index in [0.717, 1.165) is 27.7 Å². The molecule has 0 aliphatic carbocycles. The van der Waals surface area contributed by atoms with Gasteiger partial charge in [-0.3, -0.25) is 19.3 Å². The first-order valence-corrected chi connectivity index (χ1v) is 21.1. The van der Waals surface area contributed by atoms with Crippen LogP contribution >= 0.6 is 0 Å². The third-order valence-corrected chi connectivity index (χ3v) is 12.5. The van der Waals surface area contributed by atoms with E-state index in [-0.39, 0.29) is 19.8 Å². The number of carbonyl (C=O) groups is 3. The van der Waals surface area contributed by atoms with Crippen molar-refractivity contribution in [3.8, 4) is 23.3 Å². The van der Waals surface area contributed by atoms with Crippen LogP contribution in [0.1, 0.15) is 57.4 Å². The smallest absolute Gasteiger partial charge is 0.324 e. The molecule has 2 amide bonds. The normalized spacial score (nSPS) is 22.2. The van der Waals surface area contributed by atoms with Crippen molar-refractivity contribution < 1.29 is 33.7 Å². The molecule has 10 rings (SSSR count). The van der Waals surface area contributed by atoms with E-state index in [0.29, 0.717) is 39.7 Å². The Morgan fingerprint density at radius 3 is 2.19 bits per heavy atom. The van der Waals surface area contributed by atoms with Gasteiger partial charge in [0.15, 0.2) is 0 Å². The van der Waals surface area contributed by atoms with Crippen LogP contribution in [0.5, 0.6) is 11.5 Å². The Bertz CT molecular complexity index is 2900. The number of hydrogen-bond donors (Lipinski definition) is 4. The lowest BCUT2D eigenvalue weighted by molar-refractivity contribution is -0.178. The van der Waals surface area contributed by atoms with E-state index in [9.17, 15) is 5.11 Å². The molecule has 318 valence electrons. The van der Waals surface area contributed by atoms with E-state index in [4.69, 9.17) is 19.2 Å². The highest BCUT2D eigenvalue weighted by atomic mass is 16.6. The molecule has 12 heteroatoms. The lowest BCUT2D eigenvalue weighted by Crippen LogP contribution is -2.54. The summed E-state index contributed by atoms with van der Waals surface area (Å²) in [4.78, 5) is 56.2. The Kier molecular flexibility index (Phi) is 10.6. The Hall–Kier alpha value is -7.72. The van der Waals surface area contributed by atoms with Gasteiger partial charge < -0.3 is 34.9 Å². The number of morpholine rings is 1. The van der Waals surface area contributed by atoms with Crippen LogP contribution in [0.4, 0.5) is 5.69 Å². The molecule has 0 unspecified atom stereocenters. The standard InChI is InChI=1S/C52H43N5O7/c1-62-37-23-18-32(19-24-37)16-17-33-20-27-40-39(30-33)52(51(61)56-40)44(49(59)53-31-43-54-41-14-8-9-15-42(41)55-43)46-50(60)64-47(35-12-6-3-7-13-35)45(34-10-4-2-5-11-34)57(46)48(52)36-21-25-38(26-22-36)63-29-28-58/h2-15,18-27,30,44-48,58H,28-29,31H2,1H3,(H,53,59)(H,54,55)(H,56,61)/t44-,45-,46-,47+,48+,52-/m0/s1. The van der Waals surface area contributed by atoms with Crippen LogP contribution in [-0.4, -0.2) is 64.1 Å². The zero-order valence-electron chi connectivity index (χ0n) is 34.7. The molecule has 0 bridgehead atoms. The minimum Gasteiger partial charge on any atom is -0.497 e. The summed E-state index contributed by atoms with van der Waals surface area (Å²) in [7, 11) is 1.61. The van der Waals surface area contributed by atoms with Crippen LogP contribution in [0.2, 0.25) is 0 Å². The topological polar surface area (TPSA) is 155 Å². The molecule has 6 atom stereocenters. The maximum absolute atomic E-state index is 15.6. The van der Waals surface area contributed by atoms with Crippen molar-refractivity contribution in [2.45, 2.75) is 36.2 Å². The van der Waals surface area contributed by atoms with Crippen molar-refractivity contribution in [2.75, 3.05) is 25.6 Å². The van der Waals surface area contributed by atoms with Crippen LogP contribution in [0.15, 0.2) is 152 Å². The molecule has 3 aliphatic heterocycles. The Labute approximate surface area is 369 Å². The minimum absolute atomic E-state index is 0.0000272. The number of amides is 2. The second kappa shape index (κ2) is 16.9. The fourth-order valence-electron chi connectivity index (χ4n) is 9.77. The van der Waals surface area contributed by atoms with Crippen molar-refractivity contribution in [3.05, 3.63) is 191 Å². The number of cyclic esters (lactones) is 1. The van der Waals surface area contributed by atoms with E-state index in [1.807, 2.05) is 144 Å². The summed E-state index contributed by atoms with van der Waals surface area (Å²) in [6, 6.07) is 44.2. The SMILES string of the molecule is COc1ccc(C#Cc2ccc3c(c2)[C@]2(C(=O)N3)[C@H](C(=O)NCc3nc4ccccc4[nH]3)[C@H]3C(=O)O[C@H](c4ccccc4)[C@H](c4ccccc4)N3[C@@H]2c2ccc(OCCO)cc2)cc1. The zero-order chi connectivity index (χ0) is 43.8. The summed E-state index contributed by atoms with van der Waals surface area (Å²) in [5.41, 5.74) is 4.47. The van der Waals surface area contributed by atoms with Gasteiger partial charge in [0.2, 0.25) is 11.8 Å². The van der Waals surface area contributed by atoms with Gasteiger partial charge in [0.1, 0.15) is 41.5 Å². The van der Waals surface area contributed by atoms with Crippen molar-refractivity contribution in [2.24, 2.45) is 5.92 Å². The number of carbonyl (C=O) groups excluding carboxylic acids is 3. The number of H-pyrrole nitrogens is 1. The molecule has 3 aliphatic rings. The number of aromatic nitrogens is 2.